The molecule has 34 heavy (non-hydrogen) atoms. The Morgan fingerprint density at radius 1 is 0.971 bits per heavy atom. The molecule has 0 spiro atoms. The Balaban J connectivity index is 1.24. The predicted molar refractivity (Wildman–Crippen MR) is 138 cm³/mol. The maximum Gasteiger partial charge on any atom is 0.274 e. The fourth-order valence-electron chi connectivity index (χ4n) is 4.57. The molecule has 0 radical (unpaired) electrons. The van der Waals surface area contributed by atoms with Gasteiger partial charge in [-0.15, -0.1) is 0 Å². The Morgan fingerprint density at radius 3 is 2.47 bits per heavy atom. The van der Waals surface area contributed by atoms with Crippen LogP contribution in [0.15, 0.2) is 53.3 Å². The topological polar surface area (TPSA) is 70.5 Å². The molecule has 4 rings (SSSR count). The lowest BCUT2D eigenvalue weighted by Gasteiger charge is -2.36. The number of hydrogen-bond acceptors (Lipinski definition) is 5. The molecule has 1 fully saturated rings. The molecule has 2 aromatic carbocycles. The van der Waals surface area contributed by atoms with Crippen molar-refractivity contribution in [1.29, 1.82) is 0 Å². The standard InChI is InChI=1S/C27H35N5O2/c1-3-14-32-27(34)24-12-5-4-11-23(24)25(29-32)26(33)28-13-6-7-15-30-16-18-31(19-17-30)22-10-8-9-21(2)20-22/h4-5,8-12,20H,3,6-7,13-19H2,1-2H3,(H,28,33). The normalized spacial score (nSPS) is 14.5. The maximum absolute atomic E-state index is 12.9. The van der Waals surface area contributed by atoms with Gasteiger partial charge in [-0.3, -0.25) is 14.5 Å². The molecule has 7 heteroatoms. The van der Waals surface area contributed by atoms with Gasteiger partial charge in [-0.25, -0.2) is 4.68 Å². The van der Waals surface area contributed by atoms with Crippen LogP contribution >= 0.6 is 0 Å². The molecular weight excluding hydrogens is 426 g/mol. The first kappa shape index (κ1) is 24.0. The lowest BCUT2D eigenvalue weighted by molar-refractivity contribution is 0.0947. The van der Waals surface area contributed by atoms with Crippen molar-refractivity contribution in [2.75, 3.05) is 44.2 Å². The summed E-state index contributed by atoms with van der Waals surface area (Å²) in [5, 5.41) is 8.54. The molecule has 1 aliphatic rings. The Bertz CT molecular complexity index is 1180. The van der Waals surface area contributed by atoms with Gasteiger partial charge in [-0.1, -0.05) is 37.3 Å². The monoisotopic (exact) mass is 461 g/mol. The van der Waals surface area contributed by atoms with Crippen molar-refractivity contribution < 1.29 is 4.79 Å². The second-order valence-electron chi connectivity index (χ2n) is 9.05. The average Bonchev–Trinajstić information content (AvgIpc) is 2.86. The van der Waals surface area contributed by atoms with Crippen LogP contribution in [0.3, 0.4) is 0 Å². The largest absolute Gasteiger partial charge is 0.369 e. The number of piperazine rings is 1. The summed E-state index contributed by atoms with van der Waals surface area (Å²) in [5.74, 6) is -0.215. The van der Waals surface area contributed by atoms with Crippen molar-refractivity contribution in [2.24, 2.45) is 0 Å². The molecule has 0 aliphatic carbocycles. The van der Waals surface area contributed by atoms with Crippen LogP contribution in [0.2, 0.25) is 0 Å². The van der Waals surface area contributed by atoms with Gasteiger partial charge in [0.05, 0.1) is 5.39 Å². The van der Waals surface area contributed by atoms with Crippen molar-refractivity contribution in [3.63, 3.8) is 0 Å². The zero-order valence-corrected chi connectivity index (χ0v) is 20.3. The molecule has 1 aliphatic heterocycles. The summed E-state index contributed by atoms with van der Waals surface area (Å²) in [5.41, 5.74) is 2.80. The van der Waals surface area contributed by atoms with E-state index in [-0.39, 0.29) is 11.5 Å². The minimum Gasteiger partial charge on any atom is -0.369 e. The number of carbonyl (C=O) groups is 1. The van der Waals surface area contributed by atoms with Crippen LogP contribution in [-0.2, 0) is 6.54 Å². The molecule has 2 heterocycles. The highest BCUT2D eigenvalue weighted by Gasteiger charge is 2.18. The quantitative estimate of drug-likeness (QED) is 0.494. The van der Waals surface area contributed by atoms with Gasteiger partial charge in [0.25, 0.3) is 11.5 Å². The summed E-state index contributed by atoms with van der Waals surface area (Å²) < 4.78 is 1.41. The lowest BCUT2D eigenvalue weighted by atomic mass is 10.1. The third-order valence-electron chi connectivity index (χ3n) is 6.44. The molecule has 0 bridgehead atoms. The molecule has 0 saturated carbocycles. The number of rotatable bonds is 9. The minimum atomic E-state index is -0.215. The van der Waals surface area contributed by atoms with Gasteiger partial charge in [0.1, 0.15) is 0 Å². The van der Waals surface area contributed by atoms with Gasteiger partial charge in [0.15, 0.2) is 5.69 Å². The number of benzene rings is 2. The van der Waals surface area contributed by atoms with E-state index >= 15 is 0 Å². The molecule has 7 nitrogen and oxygen atoms in total. The van der Waals surface area contributed by atoms with E-state index in [0.29, 0.717) is 29.6 Å². The van der Waals surface area contributed by atoms with E-state index in [1.165, 1.54) is 15.9 Å². The van der Waals surface area contributed by atoms with Crippen molar-refractivity contribution >= 4 is 22.4 Å². The van der Waals surface area contributed by atoms with Gasteiger partial charge in [-0.2, -0.15) is 5.10 Å². The third kappa shape index (κ3) is 5.65. The Hall–Kier alpha value is -3.19. The van der Waals surface area contributed by atoms with Crippen molar-refractivity contribution in [3.05, 3.63) is 70.1 Å². The Kier molecular flexibility index (Phi) is 7.95. The fourth-order valence-corrected chi connectivity index (χ4v) is 4.57. The van der Waals surface area contributed by atoms with Gasteiger partial charge >= 0.3 is 0 Å². The first-order valence-corrected chi connectivity index (χ1v) is 12.4. The molecule has 1 N–H and O–H groups in total. The molecular formula is C27H35N5O2. The van der Waals surface area contributed by atoms with E-state index in [4.69, 9.17) is 0 Å². The van der Waals surface area contributed by atoms with Gasteiger partial charge in [0, 0.05) is 50.3 Å². The number of carbonyl (C=O) groups excluding carboxylic acids is 1. The van der Waals surface area contributed by atoms with Crippen LogP contribution in [0.1, 0.15) is 42.2 Å². The first-order valence-electron chi connectivity index (χ1n) is 12.4. The summed E-state index contributed by atoms with van der Waals surface area (Å²) >= 11 is 0. The first-order chi connectivity index (χ1) is 16.6. The molecule has 1 amide bonds. The van der Waals surface area contributed by atoms with E-state index in [1.54, 1.807) is 12.1 Å². The number of unbranched alkanes of at least 4 members (excludes halogenated alkanes) is 1. The summed E-state index contributed by atoms with van der Waals surface area (Å²) in [7, 11) is 0. The molecule has 1 saturated heterocycles. The van der Waals surface area contributed by atoms with E-state index in [2.05, 4.69) is 51.4 Å². The zero-order valence-electron chi connectivity index (χ0n) is 20.3. The number of aryl methyl sites for hydroxylation is 2. The summed E-state index contributed by atoms with van der Waals surface area (Å²) in [6.45, 7) is 10.5. The van der Waals surface area contributed by atoms with Gasteiger partial charge in [0.2, 0.25) is 0 Å². The van der Waals surface area contributed by atoms with E-state index in [9.17, 15) is 9.59 Å². The second-order valence-corrected chi connectivity index (χ2v) is 9.05. The van der Waals surface area contributed by atoms with E-state index in [1.807, 2.05) is 19.1 Å². The van der Waals surface area contributed by atoms with Crippen LogP contribution in [0.5, 0.6) is 0 Å². The Labute approximate surface area is 201 Å². The highest BCUT2D eigenvalue weighted by molar-refractivity contribution is 6.04. The number of nitrogens with zero attached hydrogens (tertiary/aromatic N) is 4. The smallest absolute Gasteiger partial charge is 0.274 e. The molecule has 3 aromatic rings. The number of fused-ring (bicyclic) bond motifs is 1. The van der Waals surface area contributed by atoms with E-state index in [0.717, 1.165) is 52.0 Å². The molecule has 180 valence electrons. The second kappa shape index (κ2) is 11.3. The van der Waals surface area contributed by atoms with Crippen molar-refractivity contribution in [3.8, 4) is 0 Å². The molecule has 1 aromatic heterocycles. The van der Waals surface area contributed by atoms with E-state index < -0.39 is 0 Å². The summed E-state index contributed by atoms with van der Waals surface area (Å²) in [6.07, 6.45) is 2.73. The predicted octanol–water partition coefficient (Wildman–Crippen LogP) is 3.45. The van der Waals surface area contributed by atoms with Crippen LogP contribution in [0, 0.1) is 6.92 Å². The van der Waals surface area contributed by atoms with Crippen molar-refractivity contribution in [1.82, 2.24) is 20.0 Å². The van der Waals surface area contributed by atoms with Crippen LogP contribution < -0.4 is 15.8 Å². The molecule has 0 atom stereocenters. The number of anilines is 1. The minimum absolute atomic E-state index is 0.142. The van der Waals surface area contributed by atoms with Gasteiger partial charge < -0.3 is 10.2 Å². The summed E-state index contributed by atoms with van der Waals surface area (Å²) in [6, 6.07) is 15.9. The Morgan fingerprint density at radius 2 is 1.74 bits per heavy atom. The third-order valence-corrected chi connectivity index (χ3v) is 6.44. The summed E-state index contributed by atoms with van der Waals surface area (Å²) in [4.78, 5) is 30.5. The fraction of sp³-hybridized carbons (Fsp3) is 0.444. The van der Waals surface area contributed by atoms with Gasteiger partial charge in [-0.05, 0) is 56.5 Å². The highest BCUT2D eigenvalue weighted by atomic mass is 16.2. The SMILES string of the molecule is CCCn1nc(C(=O)NCCCCN2CCN(c3cccc(C)c3)CC2)c2ccccc2c1=O. The number of aromatic nitrogens is 2. The van der Waals surface area contributed by atoms with Crippen molar-refractivity contribution in [2.45, 2.75) is 39.7 Å². The van der Waals surface area contributed by atoms with Crippen LogP contribution in [0.25, 0.3) is 10.8 Å². The highest BCUT2D eigenvalue weighted by Crippen LogP contribution is 2.18. The number of nitrogens with one attached hydrogen (secondary N) is 1. The van der Waals surface area contributed by atoms with Crippen LogP contribution in [-0.4, -0.2) is 59.9 Å². The molecule has 0 unspecified atom stereocenters. The maximum atomic E-state index is 12.9. The number of amides is 1. The number of hydrogen-bond donors (Lipinski definition) is 1. The average molecular weight is 462 g/mol. The zero-order chi connectivity index (χ0) is 23.9. The van der Waals surface area contributed by atoms with Crippen LogP contribution in [0.4, 0.5) is 5.69 Å². The lowest BCUT2D eigenvalue weighted by Crippen LogP contribution is -2.46.